The van der Waals surface area contributed by atoms with Crippen LogP contribution in [0.3, 0.4) is 0 Å². The lowest BCUT2D eigenvalue weighted by Gasteiger charge is -2.18. The van der Waals surface area contributed by atoms with Gasteiger partial charge in [-0.25, -0.2) is 4.98 Å². The van der Waals surface area contributed by atoms with Crippen LogP contribution >= 0.6 is 11.3 Å². The molecule has 1 amide bonds. The zero-order valence-electron chi connectivity index (χ0n) is 15.3. The predicted octanol–water partition coefficient (Wildman–Crippen LogP) is 4.84. The largest absolute Gasteiger partial charge is 0.464 e. The van der Waals surface area contributed by atoms with E-state index >= 15 is 0 Å². The number of pyridine rings is 1. The Morgan fingerprint density at radius 3 is 2.48 bits per heavy atom. The van der Waals surface area contributed by atoms with Crippen LogP contribution in [0.4, 0.5) is 11.6 Å². The molecule has 4 aromatic heterocycles. The lowest BCUT2D eigenvalue weighted by molar-refractivity contribution is 0.0983. The Hall–Kier alpha value is -3.06. The Morgan fingerprint density at radius 1 is 1.07 bits per heavy atom. The molecular weight excluding hydrogens is 362 g/mol. The normalized spacial score (nSPS) is 11.2. The van der Waals surface area contributed by atoms with Gasteiger partial charge in [-0.3, -0.25) is 9.69 Å². The van der Waals surface area contributed by atoms with Crippen molar-refractivity contribution in [2.24, 2.45) is 0 Å². The van der Waals surface area contributed by atoms with Crippen LogP contribution in [0.25, 0.3) is 10.2 Å². The van der Waals surface area contributed by atoms with Crippen molar-refractivity contribution in [1.82, 2.24) is 4.98 Å². The molecule has 0 aliphatic rings. The molecule has 0 radical (unpaired) electrons. The van der Waals surface area contributed by atoms with Crippen molar-refractivity contribution in [2.75, 3.05) is 10.6 Å². The third-order valence-corrected chi connectivity index (χ3v) is 5.38. The van der Waals surface area contributed by atoms with Gasteiger partial charge in [0, 0.05) is 17.1 Å². The summed E-state index contributed by atoms with van der Waals surface area (Å²) in [6.07, 6.45) is 0. The first kappa shape index (κ1) is 17.4. The molecule has 138 valence electrons. The lowest BCUT2D eigenvalue weighted by atomic mass is 10.2. The summed E-state index contributed by atoms with van der Waals surface area (Å²) in [6, 6.07) is 11.1. The number of carbonyl (C=O) groups is 1. The number of furan rings is 2. The van der Waals surface area contributed by atoms with Crippen molar-refractivity contribution in [1.29, 1.82) is 0 Å². The van der Waals surface area contributed by atoms with Gasteiger partial charge in [0.25, 0.3) is 5.91 Å². The fourth-order valence-corrected chi connectivity index (χ4v) is 4.00. The molecule has 0 aliphatic heterocycles. The van der Waals surface area contributed by atoms with Crippen molar-refractivity contribution in [3.63, 3.8) is 0 Å². The van der Waals surface area contributed by atoms with E-state index in [2.05, 4.69) is 4.98 Å². The Kier molecular flexibility index (Phi) is 4.24. The van der Waals surface area contributed by atoms with Crippen molar-refractivity contribution in [3.8, 4) is 0 Å². The third-order valence-electron chi connectivity index (χ3n) is 4.27. The SMILES string of the molecule is Cc1ccc2c(N)c(C(=O)N(Cc3ccc(C)o3)c3ccc(C)o3)sc2n1. The monoisotopic (exact) mass is 381 g/mol. The van der Waals surface area contributed by atoms with Gasteiger partial charge in [0.05, 0.1) is 12.2 Å². The van der Waals surface area contributed by atoms with Crippen LogP contribution in [-0.4, -0.2) is 10.9 Å². The molecule has 0 aromatic carbocycles. The van der Waals surface area contributed by atoms with E-state index in [9.17, 15) is 4.79 Å². The summed E-state index contributed by atoms with van der Waals surface area (Å²) in [6.45, 7) is 5.86. The minimum Gasteiger partial charge on any atom is -0.464 e. The van der Waals surface area contributed by atoms with E-state index in [0.717, 1.165) is 27.4 Å². The molecule has 0 atom stereocenters. The zero-order valence-corrected chi connectivity index (χ0v) is 16.1. The summed E-state index contributed by atoms with van der Waals surface area (Å²) < 4.78 is 11.4. The van der Waals surface area contributed by atoms with Gasteiger partial charge in [-0.1, -0.05) is 0 Å². The second-order valence-electron chi connectivity index (χ2n) is 6.44. The summed E-state index contributed by atoms with van der Waals surface area (Å²) in [7, 11) is 0. The van der Waals surface area contributed by atoms with Gasteiger partial charge in [0.2, 0.25) is 5.88 Å². The van der Waals surface area contributed by atoms with Crippen LogP contribution in [0.5, 0.6) is 0 Å². The van der Waals surface area contributed by atoms with E-state index in [1.165, 1.54) is 11.3 Å². The van der Waals surface area contributed by atoms with E-state index in [1.54, 1.807) is 11.0 Å². The number of aromatic nitrogens is 1. The van der Waals surface area contributed by atoms with Crippen LogP contribution in [0.2, 0.25) is 0 Å². The number of nitrogen functional groups attached to an aromatic ring is 1. The van der Waals surface area contributed by atoms with Gasteiger partial charge in [0.15, 0.2) is 0 Å². The average molecular weight is 381 g/mol. The number of hydrogen-bond acceptors (Lipinski definition) is 6. The maximum absolute atomic E-state index is 13.4. The molecule has 0 fully saturated rings. The number of nitrogens with zero attached hydrogens (tertiary/aromatic N) is 2. The average Bonchev–Trinajstić information content (AvgIpc) is 3.32. The number of aryl methyl sites for hydroxylation is 3. The molecule has 6 nitrogen and oxygen atoms in total. The summed E-state index contributed by atoms with van der Waals surface area (Å²) in [5.74, 6) is 2.39. The first-order valence-corrected chi connectivity index (χ1v) is 9.33. The van der Waals surface area contributed by atoms with Crippen LogP contribution in [0.1, 0.15) is 32.6 Å². The maximum atomic E-state index is 13.4. The molecule has 4 aromatic rings. The lowest BCUT2D eigenvalue weighted by Crippen LogP contribution is -2.29. The molecule has 7 heteroatoms. The number of amides is 1. The number of anilines is 2. The summed E-state index contributed by atoms with van der Waals surface area (Å²) >= 11 is 1.29. The van der Waals surface area contributed by atoms with E-state index in [4.69, 9.17) is 14.6 Å². The van der Waals surface area contributed by atoms with E-state index in [1.807, 2.05) is 51.1 Å². The van der Waals surface area contributed by atoms with Crippen LogP contribution in [0, 0.1) is 20.8 Å². The predicted molar refractivity (Wildman–Crippen MR) is 106 cm³/mol. The van der Waals surface area contributed by atoms with Gasteiger partial charge in [-0.15, -0.1) is 11.3 Å². The van der Waals surface area contributed by atoms with Gasteiger partial charge < -0.3 is 14.6 Å². The van der Waals surface area contributed by atoms with E-state index in [-0.39, 0.29) is 12.5 Å². The fraction of sp³-hybridized carbons (Fsp3) is 0.200. The second-order valence-corrected chi connectivity index (χ2v) is 7.44. The molecule has 0 bridgehead atoms. The third kappa shape index (κ3) is 3.21. The first-order valence-electron chi connectivity index (χ1n) is 8.51. The van der Waals surface area contributed by atoms with Crippen LogP contribution in [0.15, 0.2) is 45.2 Å². The van der Waals surface area contributed by atoms with E-state index < -0.39 is 0 Å². The maximum Gasteiger partial charge on any atom is 0.273 e. The quantitative estimate of drug-likeness (QED) is 0.547. The number of hydrogen-bond donors (Lipinski definition) is 1. The Labute approximate surface area is 160 Å². The number of carbonyl (C=O) groups excluding carboxylic acids is 1. The van der Waals surface area contributed by atoms with Gasteiger partial charge >= 0.3 is 0 Å². The van der Waals surface area contributed by atoms with Crippen molar-refractivity contribution in [3.05, 3.63) is 64.3 Å². The first-order chi connectivity index (χ1) is 12.9. The number of nitrogens with two attached hydrogens (primary N) is 1. The highest BCUT2D eigenvalue weighted by atomic mass is 32.1. The minimum atomic E-state index is -0.239. The molecule has 27 heavy (non-hydrogen) atoms. The van der Waals surface area contributed by atoms with E-state index in [0.29, 0.717) is 22.2 Å². The summed E-state index contributed by atoms with van der Waals surface area (Å²) in [4.78, 5) is 20.6. The molecule has 0 spiro atoms. The van der Waals surface area contributed by atoms with Crippen LogP contribution in [-0.2, 0) is 6.54 Å². The zero-order chi connectivity index (χ0) is 19.1. The molecule has 4 rings (SSSR count). The van der Waals surface area contributed by atoms with Gasteiger partial charge in [-0.2, -0.15) is 0 Å². The summed E-state index contributed by atoms with van der Waals surface area (Å²) in [5.41, 5.74) is 7.60. The topological polar surface area (TPSA) is 85.5 Å². The highest BCUT2D eigenvalue weighted by Crippen LogP contribution is 2.35. The molecular formula is C20H19N3O3S. The molecule has 0 unspecified atom stereocenters. The molecule has 2 N–H and O–H groups in total. The standard InChI is InChI=1S/C20H19N3O3S/c1-11-4-8-15-17(21)18(27-19(15)22-11)20(24)23(16-9-6-13(3)26-16)10-14-7-5-12(2)25-14/h4-9H,10,21H2,1-3H3. The molecule has 0 aliphatic carbocycles. The highest BCUT2D eigenvalue weighted by Gasteiger charge is 2.26. The van der Waals surface area contributed by atoms with Crippen LogP contribution < -0.4 is 10.6 Å². The fourth-order valence-electron chi connectivity index (χ4n) is 2.91. The second kappa shape index (κ2) is 6.59. The minimum absolute atomic E-state index is 0.239. The Morgan fingerprint density at radius 2 is 1.81 bits per heavy atom. The van der Waals surface area contributed by atoms with Gasteiger partial charge in [0.1, 0.15) is 27.0 Å². The van der Waals surface area contributed by atoms with Crippen molar-refractivity contribution in [2.45, 2.75) is 27.3 Å². The number of fused-ring (bicyclic) bond motifs is 1. The van der Waals surface area contributed by atoms with Crippen molar-refractivity contribution >= 4 is 39.0 Å². The summed E-state index contributed by atoms with van der Waals surface area (Å²) in [5, 5.41) is 0.790. The molecule has 4 heterocycles. The number of thiophene rings is 1. The molecule has 0 saturated heterocycles. The molecule has 0 saturated carbocycles. The van der Waals surface area contributed by atoms with Crippen molar-refractivity contribution < 1.29 is 13.6 Å². The smallest absolute Gasteiger partial charge is 0.273 e. The Bertz CT molecular complexity index is 1140. The number of rotatable bonds is 4. The van der Waals surface area contributed by atoms with Gasteiger partial charge in [-0.05, 0) is 51.1 Å². The Balaban J connectivity index is 1.77. The highest BCUT2D eigenvalue weighted by molar-refractivity contribution is 7.21.